The van der Waals surface area contributed by atoms with Gasteiger partial charge in [0.1, 0.15) is 0 Å². The van der Waals surface area contributed by atoms with Crippen LogP contribution in [0.25, 0.3) is 0 Å². The second kappa shape index (κ2) is 4.17. The predicted molar refractivity (Wildman–Crippen MR) is 69.7 cm³/mol. The second-order valence-corrected chi connectivity index (χ2v) is 5.70. The van der Waals surface area contributed by atoms with Gasteiger partial charge < -0.3 is 4.90 Å². The summed E-state index contributed by atoms with van der Waals surface area (Å²) in [7, 11) is 0. The maximum atomic E-state index is 3.47. The van der Waals surface area contributed by atoms with E-state index in [1.165, 1.54) is 30.8 Å². The summed E-state index contributed by atoms with van der Waals surface area (Å²) in [5.74, 6) is 0. The molecule has 0 radical (unpaired) electrons. The van der Waals surface area contributed by atoms with Crippen molar-refractivity contribution >= 4 is 21.6 Å². The molecule has 1 fully saturated rings. The lowest BCUT2D eigenvalue weighted by Crippen LogP contribution is -2.22. The van der Waals surface area contributed by atoms with E-state index in [2.05, 4.69) is 58.9 Å². The Labute approximate surface area is 101 Å². The van der Waals surface area contributed by atoms with Crippen molar-refractivity contribution in [2.75, 3.05) is 18.0 Å². The fraction of sp³-hybridized carbons (Fsp3) is 0.538. The zero-order valence-electron chi connectivity index (χ0n) is 9.46. The highest BCUT2D eigenvalue weighted by Crippen LogP contribution is 2.32. The van der Waals surface area contributed by atoms with Gasteiger partial charge in [0.25, 0.3) is 0 Å². The van der Waals surface area contributed by atoms with Crippen molar-refractivity contribution < 1.29 is 0 Å². The first kappa shape index (κ1) is 11.0. The van der Waals surface area contributed by atoms with Crippen molar-refractivity contribution in [3.63, 3.8) is 0 Å². The smallest absolute Gasteiger partial charge is 0.0366 e. The molecule has 1 heterocycles. The fourth-order valence-electron chi connectivity index (χ4n) is 2.13. The van der Waals surface area contributed by atoms with Gasteiger partial charge in [0.15, 0.2) is 0 Å². The number of anilines is 1. The molecule has 0 atom stereocenters. The van der Waals surface area contributed by atoms with Gasteiger partial charge in [-0.15, -0.1) is 0 Å². The van der Waals surface area contributed by atoms with Crippen LogP contribution in [-0.4, -0.2) is 13.1 Å². The fourth-order valence-corrected chi connectivity index (χ4v) is 2.50. The minimum Gasteiger partial charge on any atom is -0.371 e. The molecule has 1 aromatic carbocycles. The Bertz CT molecular complexity index is 329. The van der Waals surface area contributed by atoms with Crippen LogP contribution in [0.15, 0.2) is 24.3 Å². The molecule has 0 N–H and O–H groups in total. The van der Waals surface area contributed by atoms with Crippen LogP contribution in [0.2, 0.25) is 0 Å². The highest BCUT2D eigenvalue weighted by Gasteiger charge is 2.28. The summed E-state index contributed by atoms with van der Waals surface area (Å²) >= 11 is 3.47. The lowest BCUT2D eigenvalue weighted by atomic mass is 9.93. The Morgan fingerprint density at radius 2 is 1.93 bits per heavy atom. The quantitative estimate of drug-likeness (QED) is 0.737. The minimum atomic E-state index is 0.480. The van der Waals surface area contributed by atoms with Gasteiger partial charge in [-0.25, -0.2) is 0 Å². The third-order valence-electron chi connectivity index (χ3n) is 3.13. The second-order valence-electron chi connectivity index (χ2n) is 5.14. The molecule has 2 heteroatoms. The van der Waals surface area contributed by atoms with Crippen LogP contribution in [0.5, 0.6) is 0 Å². The summed E-state index contributed by atoms with van der Waals surface area (Å²) < 4.78 is 0. The number of hydrogen-bond acceptors (Lipinski definition) is 1. The topological polar surface area (TPSA) is 3.24 Å². The third kappa shape index (κ3) is 2.54. The van der Waals surface area contributed by atoms with Gasteiger partial charge in [-0.05, 0) is 29.5 Å². The standard InChI is InChI=1S/C13H18BrN/c1-13(2)7-8-15(10-13)12-5-3-11(9-14)4-6-12/h3-6H,7-10H2,1-2H3. The SMILES string of the molecule is CC1(C)CCN(c2ccc(CBr)cc2)C1. The van der Waals surface area contributed by atoms with Crippen LogP contribution in [-0.2, 0) is 5.33 Å². The van der Waals surface area contributed by atoms with Crippen LogP contribution in [0.4, 0.5) is 5.69 Å². The van der Waals surface area contributed by atoms with Gasteiger partial charge in [0, 0.05) is 24.1 Å². The molecule has 0 unspecified atom stereocenters. The van der Waals surface area contributed by atoms with Crippen molar-refractivity contribution in [3.05, 3.63) is 29.8 Å². The molecule has 1 nitrogen and oxygen atoms in total. The molecule has 1 saturated heterocycles. The van der Waals surface area contributed by atoms with E-state index in [0.29, 0.717) is 5.41 Å². The maximum Gasteiger partial charge on any atom is 0.0366 e. The zero-order chi connectivity index (χ0) is 10.9. The number of nitrogens with zero attached hydrogens (tertiary/aromatic N) is 1. The summed E-state index contributed by atoms with van der Waals surface area (Å²) in [6, 6.07) is 8.88. The van der Waals surface area contributed by atoms with E-state index in [1.807, 2.05) is 0 Å². The molecule has 1 aliphatic heterocycles. The Morgan fingerprint density at radius 3 is 2.40 bits per heavy atom. The average molecular weight is 268 g/mol. The van der Waals surface area contributed by atoms with Gasteiger partial charge in [-0.3, -0.25) is 0 Å². The summed E-state index contributed by atoms with van der Waals surface area (Å²) in [4.78, 5) is 2.48. The summed E-state index contributed by atoms with van der Waals surface area (Å²) in [5, 5.41) is 0.943. The molecule has 82 valence electrons. The number of hydrogen-bond donors (Lipinski definition) is 0. The van der Waals surface area contributed by atoms with Crippen molar-refractivity contribution in [1.29, 1.82) is 0 Å². The Hall–Kier alpha value is -0.500. The number of benzene rings is 1. The third-order valence-corrected chi connectivity index (χ3v) is 3.78. The number of alkyl halides is 1. The summed E-state index contributed by atoms with van der Waals surface area (Å²) in [6.07, 6.45) is 1.30. The van der Waals surface area contributed by atoms with Crippen LogP contribution in [0.3, 0.4) is 0 Å². The van der Waals surface area contributed by atoms with Crippen molar-refractivity contribution in [3.8, 4) is 0 Å². The Morgan fingerprint density at radius 1 is 1.27 bits per heavy atom. The minimum absolute atomic E-state index is 0.480. The van der Waals surface area contributed by atoms with E-state index < -0.39 is 0 Å². The maximum absolute atomic E-state index is 3.47. The average Bonchev–Trinajstić information content (AvgIpc) is 2.59. The lowest BCUT2D eigenvalue weighted by molar-refractivity contribution is 0.418. The highest BCUT2D eigenvalue weighted by atomic mass is 79.9. The summed E-state index contributed by atoms with van der Waals surface area (Å²) in [6.45, 7) is 7.07. The molecule has 0 aliphatic carbocycles. The van der Waals surface area contributed by atoms with Gasteiger partial charge in [-0.2, -0.15) is 0 Å². The van der Waals surface area contributed by atoms with Crippen LogP contribution < -0.4 is 4.90 Å². The van der Waals surface area contributed by atoms with Crippen molar-refractivity contribution in [1.82, 2.24) is 0 Å². The van der Waals surface area contributed by atoms with Crippen LogP contribution in [0.1, 0.15) is 25.8 Å². The van der Waals surface area contributed by atoms with Gasteiger partial charge in [0.05, 0.1) is 0 Å². The first-order valence-corrected chi connectivity index (χ1v) is 6.63. The van der Waals surface area contributed by atoms with E-state index >= 15 is 0 Å². The van der Waals surface area contributed by atoms with Crippen LogP contribution in [0, 0.1) is 5.41 Å². The normalized spacial score (nSPS) is 19.5. The van der Waals surface area contributed by atoms with Gasteiger partial charge in [-0.1, -0.05) is 41.9 Å². The molecule has 0 amide bonds. The van der Waals surface area contributed by atoms with E-state index in [4.69, 9.17) is 0 Å². The molecule has 0 spiro atoms. The predicted octanol–water partition coefficient (Wildman–Crippen LogP) is 3.82. The van der Waals surface area contributed by atoms with E-state index in [9.17, 15) is 0 Å². The molecule has 1 aromatic rings. The first-order chi connectivity index (χ1) is 7.11. The number of halogens is 1. The molecule has 0 saturated carbocycles. The molecule has 0 aromatic heterocycles. The Kier molecular flexibility index (Phi) is 3.06. The van der Waals surface area contributed by atoms with Crippen molar-refractivity contribution in [2.45, 2.75) is 25.6 Å². The van der Waals surface area contributed by atoms with E-state index in [0.717, 1.165) is 5.33 Å². The zero-order valence-corrected chi connectivity index (χ0v) is 11.0. The van der Waals surface area contributed by atoms with Crippen LogP contribution >= 0.6 is 15.9 Å². The first-order valence-electron chi connectivity index (χ1n) is 5.51. The monoisotopic (exact) mass is 267 g/mol. The molecule has 15 heavy (non-hydrogen) atoms. The molecular weight excluding hydrogens is 250 g/mol. The molecule has 2 rings (SSSR count). The summed E-state index contributed by atoms with van der Waals surface area (Å²) in [5.41, 5.74) is 3.19. The molecule has 1 aliphatic rings. The molecular formula is C13H18BrN. The van der Waals surface area contributed by atoms with E-state index in [-0.39, 0.29) is 0 Å². The number of rotatable bonds is 2. The van der Waals surface area contributed by atoms with E-state index in [1.54, 1.807) is 0 Å². The van der Waals surface area contributed by atoms with Crippen molar-refractivity contribution in [2.24, 2.45) is 5.41 Å². The lowest BCUT2D eigenvalue weighted by Gasteiger charge is -2.21. The van der Waals surface area contributed by atoms with Gasteiger partial charge >= 0.3 is 0 Å². The highest BCUT2D eigenvalue weighted by molar-refractivity contribution is 9.08. The van der Waals surface area contributed by atoms with Gasteiger partial charge in [0.2, 0.25) is 0 Å². The Balaban J connectivity index is 2.11. The largest absolute Gasteiger partial charge is 0.371 e. The molecule has 0 bridgehead atoms.